The summed E-state index contributed by atoms with van der Waals surface area (Å²) in [5.74, 6) is 0.644. The largest absolute Gasteiger partial charge is 0.418 e. The summed E-state index contributed by atoms with van der Waals surface area (Å²) >= 11 is 0. The maximum atomic E-state index is 13.1. The lowest BCUT2D eigenvalue weighted by Gasteiger charge is -2.21. The normalized spacial score (nSPS) is 11.4. The molecule has 2 rings (SSSR count). The molecule has 130 valence electrons. The van der Waals surface area contributed by atoms with Gasteiger partial charge < -0.3 is 16.0 Å². The van der Waals surface area contributed by atoms with Crippen LogP contribution in [0.2, 0.25) is 0 Å². The summed E-state index contributed by atoms with van der Waals surface area (Å²) in [6, 6.07) is 5.20. The third kappa shape index (κ3) is 4.06. The van der Waals surface area contributed by atoms with Gasteiger partial charge in [0.05, 0.1) is 11.3 Å². The van der Waals surface area contributed by atoms with Crippen LogP contribution in [0.4, 0.5) is 36.2 Å². The first-order chi connectivity index (χ1) is 11.3. The number of hydrogen-bond acceptors (Lipinski definition) is 5. The molecule has 24 heavy (non-hydrogen) atoms. The van der Waals surface area contributed by atoms with Crippen LogP contribution in [-0.4, -0.2) is 23.6 Å². The van der Waals surface area contributed by atoms with Crippen molar-refractivity contribution in [2.75, 3.05) is 29.5 Å². The molecule has 0 fully saturated rings. The number of nitrogen functional groups attached to an aromatic ring is 1. The number of unbranched alkanes of at least 4 members (excludes halogenated alkanes) is 1. The molecular weight excluding hydrogens is 319 g/mol. The molecule has 8 heteroatoms. The van der Waals surface area contributed by atoms with Crippen LogP contribution in [0.5, 0.6) is 0 Å². The molecule has 0 saturated heterocycles. The number of nitrogens with two attached hydrogens (primary N) is 1. The second kappa shape index (κ2) is 7.37. The van der Waals surface area contributed by atoms with Gasteiger partial charge in [-0.3, -0.25) is 0 Å². The third-order valence-corrected chi connectivity index (χ3v) is 3.56. The highest BCUT2D eigenvalue weighted by molar-refractivity contribution is 5.78. The van der Waals surface area contributed by atoms with Crippen LogP contribution in [0.3, 0.4) is 0 Å². The summed E-state index contributed by atoms with van der Waals surface area (Å²) in [7, 11) is 1.84. The Hall–Kier alpha value is -2.51. The number of benzene rings is 1. The number of hydrogen-bond donors (Lipinski definition) is 2. The maximum Gasteiger partial charge on any atom is 0.418 e. The van der Waals surface area contributed by atoms with Crippen LogP contribution in [-0.2, 0) is 6.18 Å². The zero-order valence-electron chi connectivity index (χ0n) is 13.6. The summed E-state index contributed by atoms with van der Waals surface area (Å²) in [6.07, 6.45) is -1.21. The molecule has 1 aromatic heterocycles. The fourth-order valence-corrected chi connectivity index (χ4v) is 2.26. The van der Waals surface area contributed by atoms with Gasteiger partial charge in [0, 0.05) is 13.6 Å². The second-order valence-electron chi connectivity index (χ2n) is 5.40. The SMILES string of the molecule is CCCCN(C)c1ncnc(Nc2ccccc2C(F)(F)F)c1N. The van der Waals surface area contributed by atoms with Gasteiger partial charge in [-0.15, -0.1) is 0 Å². The minimum absolute atomic E-state index is 0.0995. The van der Waals surface area contributed by atoms with Gasteiger partial charge in [0.15, 0.2) is 11.6 Å². The molecule has 0 spiro atoms. The number of aromatic nitrogens is 2. The Kier molecular flexibility index (Phi) is 5.48. The molecule has 0 aliphatic carbocycles. The number of halogens is 3. The molecule has 0 unspecified atom stereocenters. The molecule has 5 nitrogen and oxygen atoms in total. The minimum atomic E-state index is -4.47. The molecule has 2 aromatic rings. The fraction of sp³-hybridized carbons (Fsp3) is 0.375. The Morgan fingerprint density at radius 3 is 2.58 bits per heavy atom. The fourth-order valence-electron chi connectivity index (χ4n) is 2.26. The van der Waals surface area contributed by atoms with E-state index in [4.69, 9.17) is 5.73 Å². The molecule has 0 aliphatic rings. The quantitative estimate of drug-likeness (QED) is 0.831. The van der Waals surface area contributed by atoms with E-state index in [1.165, 1.54) is 24.5 Å². The summed E-state index contributed by atoms with van der Waals surface area (Å²) in [5.41, 5.74) is 5.39. The molecule has 1 aromatic carbocycles. The first-order valence-corrected chi connectivity index (χ1v) is 7.59. The molecule has 1 heterocycles. The van der Waals surface area contributed by atoms with Crippen molar-refractivity contribution in [2.45, 2.75) is 25.9 Å². The number of alkyl halides is 3. The summed E-state index contributed by atoms with van der Waals surface area (Å²) < 4.78 is 39.3. The number of nitrogens with zero attached hydrogens (tertiary/aromatic N) is 3. The third-order valence-electron chi connectivity index (χ3n) is 3.56. The van der Waals surface area contributed by atoms with Gasteiger partial charge in [0.25, 0.3) is 0 Å². The van der Waals surface area contributed by atoms with Gasteiger partial charge in [-0.25, -0.2) is 9.97 Å². The van der Waals surface area contributed by atoms with E-state index in [0.29, 0.717) is 5.82 Å². The van der Waals surface area contributed by atoms with Crippen LogP contribution < -0.4 is 16.0 Å². The van der Waals surface area contributed by atoms with Gasteiger partial charge >= 0.3 is 6.18 Å². The van der Waals surface area contributed by atoms with Crippen molar-refractivity contribution < 1.29 is 13.2 Å². The van der Waals surface area contributed by atoms with E-state index in [9.17, 15) is 13.2 Å². The van der Waals surface area contributed by atoms with Crippen molar-refractivity contribution in [1.29, 1.82) is 0 Å². The Bertz CT molecular complexity index is 688. The Morgan fingerprint density at radius 1 is 1.21 bits per heavy atom. The zero-order valence-corrected chi connectivity index (χ0v) is 13.6. The van der Waals surface area contributed by atoms with E-state index in [1.807, 2.05) is 11.9 Å². The van der Waals surface area contributed by atoms with Crippen LogP contribution in [0, 0.1) is 0 Å². The van der Waals surface area contributed by atoms with Gasteiger partial charge in [-0.2, -0.15) is 13.2 Å². The standard InChI is InChI=1S/C16H20F3N5/c1-3-4-9-24(2)15-13(20)14(21-10-22-15)23-12-8-6-5-7-11(12)16(17,18)19/h5-8,10H,3-4,9,20H2,1-2H3,(H,21,22,23). The number of nitrogens with one attached hydrogen (secondary N) is 1. The maximum absolute atomic E-state index is 13.1. The average Bonchev–Trinajstić information content (AvgIpc) is 2.54. The van der Waals surface area contributed by atoms with Crippen molar-refractivity contribution >= 4 is 23.0 Å². The summed E-state index contributed by atoms with van der Waals surface area (Å²) in [6.45, 7) is 2.81. The highest BCUT2D eigenvalue weighted by Crippen LogP contribution is 2.37. The molecule has 3 N–H and O–H groups in total. The van der Waals surface area contributed by atoms with Gasteiger partial charge in [0.2, 0.25) is 0 Å². The predicted octanol–water partition coefficient (Wildman–Crippen LogP) is 4.06. The van der Waals surface area contributed by atoms with E-state index >= 15 is 0 Å². The number of anilines is 4. The second-order valence-corrected chi connectivity index (χ2v) is 5.40. The Labute approximate surface area is 138 Å². The first-order valence-electron chi connectivity index (χ1n) is 7.59. The topological polar surface area (TPSA) is 67.1 Å². The average molecular weight is 339 g/mol. The van der Waals surface area contributed by atoms with Crippen LogP contribution >= 0.6 is 0 Å². The van der Waals surface area contributed by atoms with Crippen molar-refractivity contribution in [3.8, 4) is 0 Å². The van der Waals surface area contributed by atoms with Crippen LogP contribution in [0.25, 0.3) is 0 Å². The van der Waals surface area contributed by atoms with E-state index in [0.717, 1.165) is 25.5 Å². The Balaban J connectivity index is 2.32. The van der Waals surface area contributed by atoms with Crippen molar-refractivity contribution in [3.63, 3.8) is 0 Å². The highest BCUT2D eigenvalue weighted by atomic mass is 19.4. The van der Waals surface area contributed by atoms with E-state index in [1.54, 1.807) is 0 Å². The summed E-state index contributed by atoms with van der Waals surface area (Å²) in [5, 5.41) is 2.68. The van der Waals surface area contributed by atoms with Crippen molar-refractivity contribution in [2.24, 2.45) is 0 Å². The van der Waals surface area contributed by atoms with E-state index < -0.39 is 11.7 Å². The number of para-hydroxylation sites is 1. The lowest BCUT2D eigenvalue weighted by Crippen LogP contribution is -2.21. The zero-order chi connectivity index (χ0) is 17.7. The lowest BCUT2D eigenvalue weighted by molar-refractivity contribution is -0.136. The van der Waals surface area contributed by atoms with Crippen molar-refractivity contribution in [1.82, 2.24) is 9.97 Å². The van der Waals surface area contributed by atoms with Gasteiger partial charge in [-0.05, 0) is 18.6 Å². The smallest absolute Gasteiger partial charge is 0.393 e. The molecule has 0 aliphatic heterocycles. The number of rotatable bonds is 6. The molecule has 0 bridgehead atoms. The lowest BCUT2D eigenvalue weighted by atomic mass is 10.1. The predicted molar refractivity (Wildman–Crippen MR) is 89.3 cm³/mol. The van der Waals surface area contributed by atoms with Gasteiger partial charge in [-0.1, -0.05) is 25.5 Å². The van der Waals surface area contributed by atoms with Crippen molar-refractivity contribution in [3.05, 3.63) is 36.2 Å². The van der Waals surface area contributed by atoms with E-state index in [2.05, 4.69) is 22.2 Å². The van der Waals surface area contributed by atoms with Crippen LogP contribution in [0.15, 0.2) is 30.6 Å². The highest BCUT2D eigenvalue weighted by Gasteiger charge is 2.33. The Morgan fingerprint density at radius 2 is 1.92 bits per heavy atom. The monoisotopic (exact) mass is 339 g/mol. The molecular formula is C16H20F3N5. The minimum Gasteiger partial charge on any atom is -0.393 e. The summed E-state index contributed by atoms with van der Waals surface area (Å²) in [4.78, 5) is 9.97. The first kappa shape index (κ1) is 17.8. The molecule has 0 amide bonds. The van der Waals surface area contributed by atoms with E-state index in [-0.39, 0.29) is 17.2 Å². The molecule has 0 atom stereocenters. The van der Waals surface area contributed by atoms with Gasteiger partial charge in [0.1, 0.15) is 12.0 Å². The molecule has 0 saturated carbocycles. The molecule has 0 radical (unpaired) electrons. The van der Waals surface area contributed by atoms with Crippen LogP contribution in [0.1, 0.15) is 25.3 Å².